The Kier molecular flexibility index (Phi) is 4.27. The summed E-state index contributed by atoms with van der Waals surface area (Å²) in [6.07, 6.45) is 0. The predicted octanol–water partition coefficient (Wildman–Crippen LogP) is 3.45. The summed E-state index contributed by atoms with van der Waals surface area (Å²) in [5.74, 6) is -1.30. The summed E-state index contributed by atoms with van der Waals surface area (Å²) >= 11 is 3.28. The third-order valence-corrected chi connectivity index (χ3v) is 3.51. The summed E-state index contributed by atoms with van der Waals surface area (Å²) in [5.41, 5.74) is -0.0917. The van der Waals surface area contributed by atoms with Crippen LogP contribution in [-0.2, 0) is 0 Å². The van der Waals surface area contributed by atoms with Crippen LogP contribution < -0.4 is 5.32 Å². The van der Waals surface area contributed by atoms with Gasteiger partial charge in [-0.3, -0.25) is 14.9 Å². The molecule has 0 saturated carbocycles. The number of benzene rings is 1. The molecule has 2 aromatic rings. The average Bonchev–Trinajstić information content (AvgIpc) is 2.43. The lowest BCUT2D eigenvalue weighted by molar-refractivity contribution is -0.387. The van der Waals surface area contributed by atoms with Crippen LogP contribution in [0.4, 0.5) is 15.9 Å². The van der Waals surface area contributed by atoms with Crippen LogP contribution in [0, 0.1) is 22.9 Å². The Balaban J connectivity index is 2.26. The fourth-order valence-electron chi connectivity index (χ4n) is 1.60. The van der Waals surface area contributed by atoms with E-state index in [1.165, 1.54) is 6.07 Å². The number of hydrogen-bond acceptors (Lipinski definition) is 4. The molecule has 0 bridgehead atoms. The summed E-state index contributed by atoms with van der Waals surface area (Å²) in [6, 6.07) is 6.23. The number of amides is 1. The number of nitro benzene ring substituents is 1. The molecule has 6 nitrogen and oxygen atoms in total. The van der Waals surface area contributed by atoms with Gasteiger partial charge in [0.15, 0.2) is 0 Å². The first-order chi connectivity index (χ1) is 9.88. The molecule has 1 amide bonds. The number of aromatic nitrogens is 1. The number of nitrogens with one attached hydrogen (secondary N) is 1. The van der Waals surface area contributed by atoms with Gasteiger partial charge in [-0.05, 0) is 47.1 Å². The minimum Gasteiger partial charge on any atom is -0.307 e. The smallest absolute Gasteiger partial charge is 0.305 e. The summed E-state index contributed by atoms with van der Waals surface area (Å²) in [4.78, 5) is 25.9. The second-order valence-electron chi connectivity index (χ2n) is 4.14. The lowest BCUT2D eigenvalue weighted by Crippen LogP contribution is -2.13. The molecule has 21 heavy (non-hydrogen) atoms. The highest BCUT2D eigenvalue weighted by Crippen LogP contribution is 2.20. The van der Waals surface area contributed by atoms with Gasteiger partial charge < -0.3 is 5.32 Å². The molecule has 108 valence electrons. The van der Waals surface area contributed by atoms with Crippen LogP contribution in [-0.4, -0.2) is 15.8 Å². The number of nitrogens with zero attached hydrogens (tertiary/aromatic N) is 2. The van der Waals surface area contributed by atoms with Crippen LogP contribution in [0.15, 0.2) is 34.8 Å². The summed E-state index contributed by atoms with van der Waals surface area (Å²) < 4.78 is 14.0. The van der Waals surface area contributed by atoms with Gasteiger partial charge in [0.05, 0.1) is 10.6 Å². The molecule has 8 heteroatoms. The van der Waals surface area contributed by atoms with E-state index >= 15 is 0 Å². The van der Waals surface area contributed by atoms with Gasteiger partial charge in [0, 0.05) is 16.1 Å². The zero-order chi connectivity index (χ0) is 15.6. The standard InChI is InChI=1S/C13H9BrFN3O3/c1-7-9(14)3-5-12(16-7)17-13(19)8-2-4-10(15)11(6-8)18(20)21/h2-6H,1H3,(H,16,17,19). The van der Waals surface area contributed by atoms with E-state index in [9.17, 15) is 19.3 Å². The molecular weight excluding hydrogens is 345 g/mol. The third kappa shape index (κ3) is 3.40. The van der Waals surface area contributed by atoms with E-state index in [4.69, 9.17) is 0 Å². The minimum absolute atomic E-state index is 0.0227. The van der Waals surface area contributed by atoms with Crippen LogP contribution in [0.25, 0.3) is 0 Å². The van der Waals surface area contributed by atoms with Gasteiger partial charge in [-0.15, -0.1) is 0 Å². The molecular formula is C13H9BrFN3O3. The van der Waals surface area contributed by atoms with Crippen molar-refractivity contribution in [2.75, 3.05) is 5.32 Å². The number of rotatable bonds is 3. The van der Waals surface area contributed by atoms with Crippen molar-refractivity contribution in [1.29, 1.82) is 0 Å². The Morgan fingerprint density at radius 2 is 2.10 bits per heavy atom. The fraction of sp³-hybridized carbons (Fsp3) is 0.0769. The zero-order valence-corrected chi connectivity index (χ0v) is 12.3. The number of pyridine rings is 1. The van der Waals surface area contributed by atoms with Gasteiger partial charge in [0.2, 0.25) is 5.82 Å². The number of hydrogen-bond donors (Lipinski definition) is 1. The van der Waals surface area contributed by atoms with Gasteiger partial charge in [-0.25, -0.2) is 4.98 Å². The van der Waals surface area contributed by atoms with E-state index in [0.29, 0.717) is 11.5 Å². The second-order valence-corrected chi connectivity index (χ2v) is 5.00. The molecule has 1 aromatic carbocycles. The number of carbonyl (C=O) groups excluding carboxylic acids is 1. The highest BCUT2D eigenvalue weighted by Gasteiger charge is 2.17. The number of nitro groups is 1. The quantitative estimate of drug-likeness (QED) is 0.676. The number of halogens is 2. The predicted molar refractivity (Wildman–Crippen MR) is 77.7 cm³/mol. The fourth-order valence-corrected chi connectivity index (χ4v) is 1.82. The van der Waals surface area contributed by atoms with Crippen LogP contribution in [0.1, 0.15) is 16.1 Å². The number of carbonyl (C=O) groups is 1. The molecule has 0 radical (unpaired) electrons. The van der Waals surface area contributed by atoms with Gasteiger partial charge in [-0.1, -0.05) is 0 Å². The number of aryl methyl sites for hydroxylation is 1. The van der Waals surface area contributed by atoms with Crippen LogP contribution in [0.3, 0.4) is 0 Å². The Labute approximate surface area is 127 Å². The molecule has 0 aliphatic carbocycles. The Hall–Kier alpha value is -2.35. The SMILES string of the molecule is Cc1nc(NC(=O)c2ccc(F)c([N+](=O)[O-])c2)ccc1Br. The van der Waals surface area contributed by atoms with Crippen molar-refractivity contribution in [1.82, 2.24) is 4.98 Å². The summed E-state index contributed by atoms with van der Waals surface area (Å²) in [7, 11) is 0. The van der Waals surface area contributed by atoms with E-state index in [-0.39, 0.29) is 5.56 Å². The molecule has 2 rings (SSSR count). The summed E-state index contributed by atoms with van der Waals surface area (Å²) in [6.45, 7) is 1.75. The maximum Gasteiger partial charge on any atom is 0.305 e. The van der Waals surface area contributed by atoms with Crippen molar-refractivity contribution >= 4 is 33.3 Å². The van der Waals surface area contributed by atoms with Gasteiger partial charge in [-0.2, -0.15) is 4.39 Å². The maximum absolute atomic E-state index is 13.2. The first-order valence-electron chi connectivity index (χ1n) is 5.77. The Bertz CT molecular complexity index is 737. The van der Waals surface area contributed by atoms with Crippen molar-refractivity contribution in [3.05, 3.63) is 62.0 Å². The molecule has 1 heterocycles. The van der Waals surface area contributed by atoms with Crippen molar-refractivity contribution in [2.24, 2.45) is 0 Å². The van der Waals surface area contributed by atoms with Crippen LogP contribution >= 0.6 is 15.9 Å². The summed E-state index contributed by atoms with van der Waals surface area (Å²) in [5, 5.41) is 13.1. The first kappa shape index (κ1) is 15.0. The molecule has 0 atom stereocenters. The molecule has 0 unspecified atom stereocenters. The highest BCUT2D eigenvalue weighted by atomic mass is 79.9. The molecule has 0 saturated heterocycles. The Morgan fingerprint density at radius 1 is 1.38 bits per heavy atom. The molecule has 1 aromatic heterocycles. The Morgan fingerprint density at radius 3 is 2.71 bits per heavy atom. The molecule has 0 fully saturated rings. The van der Waals surface area contributed by atoms with Crippen LogP contribution in [0.5, 0.6) is 0 Å². The highest BCUT2D eigenvalue weighted by molar-refractivity contribution is 9.10. The molecule has 0 aliphatic heterocycles. The monoisotopic (exact) mass is 353 g/mol. The molecule has 1 N–H and O–H groups in total. The molecule has 0 aliphatic rings. The largest absolute Gasteiger partial charge is 0.307 e. The van der Waals surface area contributed by atoms with Crippen molar-refractivity contribution in [3.8, 4) is 0 Å². The van der Waals surface area contributed by atoms with E-state index in [2.05, 4.69) is 26.2 Å². The topological polar surface area (TPSA) is 85.1 Å². The minimum atomic E-state index is -0.992. The van der Waals surface area contributed by atoms with Crippen molar-refractivity contribution < 1.29 is 14.1 Å². The molecule has 0 spiro atoms. The lowest BCUT2D eigenvalue weighted by atomic mass is 10.2. The zero-order valence-electron chi connectivity index (χ0n) is 10.8. The van der Waals surface area contributed by atoms with Crippen LogP contribution in [0.2, 0.25) is 0 Å². The van der Waals surface area contributed by atoms with E-state index < -0.39 is 22.3 Å². The van der Waals surface area contributed by atoms with E-state index in [0.717, 1.165) is 16.6 Å². The van der Waals surface area contributed by atoms with Gasteiger partial charge in [0.25, 0.3) is 5.91 Å². The third-order valence-electron chi connectivity index (χ3n) is 2.67. The second kappa shape index (κ2) is 5.96. The van der Waals surface area contributed by atoms with Gasteiger partial charge >= 0.3 is 5.69 Å². The van der Waals surface area contributed by atoms with E-state index in [1.807, 2.05) is 0 Å². The lowest BCUT2D eigenvalue weighted by Gasteiger charge is -2.06. The first-order valence-corrected chi connectivity index (χ1v) is 6.56. The average molecular weight is 354 g/mol. The maximum atomic E-state index is 13.2. The van der Waals surface area contributed by atoms with Gasteiger partial charge in [0.1, 0.15) is 5.82 Å². The normalized spacial score (nSPS) is 10.2. The van der Waals surface area contributed by atoms with Crippen molar-refractivity contribution in [3.63, 3.8) is 0 Å². The van der Waals surface area contributed by atoms with Crippen molar-refractivity contribution in [2.45, 2.75) is 6.92 Å². The van der Waals surface area contributed by atoms with E-state index in [1.54, 1.807) is 19.1 Å². The number of anilines is 1.